The molecule has 0 aliphatic rings. The fourth-order valence-electron chi connectivity index (χ4n) is 0.899. The van der Waals surface area contributed by atoms with Crippen LogP contribution in [0.1, 0.15) is 20.8 Å². The summed E-state index contributed by atoms with van der Waals surface area (Å²) in [6.07, 6.45) is 0. The van der Waals surface area contributed by atoms with Gasteiger partial charge >= 0.3 is 0 Å². The highest BCUT2D eigenvalue weighted by molar-refractivity contribution is 4.78. The van der Waals surface area contributed by atoms with Crippen LogP contribution in [0.2, 0.25) is 0 Å². The molecule has 14 heavy (non-hydrogen) atoms. The highest BCUT2D eigenvalue weighted by atomic mass is 16.5. The first-order valence-electron chi connectivity index (χ1n) is 4.87. The third-order valence-electron chi connectivity index (χ3n) is 2.42. The minimum atomic E-state index is -0.455. The van der Waals surface area contributed by atoms with Crippen molar-refractivity contribution in [3.05, 3.63) is 0 Å². The number of ether oxygens (including phenoxy) is 1. The van der Waals surface area contributed by atoms with E-state index in [2.05, 4.69) is 5.32 Å². The molecule has 0 aromatic carbocycles. The van der Waals surface area contributed by atoms with Crippen LogP contribution in [0.15, 0.2) is 0 Å². The maximum Gasteiger partial charge on any atom is 0.0746 e. The molecule has 0 aromatic heterocycles. The zero-order chi connectivity index (χ0) is 11.2. The summed E-state index contributed by atoms with van der Waals surface area (Å²) in [4.78, 5) is 0. The predicted octanol–water partition coefficient (Wildman–Crippen LogP) is -0.00810. The lowest BCUT2D eigenvalue weighted by Gasteiger charge is -2.29. The molecule has 0 rings (SSSR count). The van der Waals surface area contributed by atoms with Crippen LogP contribution in [-0.4, -0.2) is 49.2 Å². The Bertz CT molecular complexity index is 155. The summed E-state index contributed by atoms with van der Waals surface area (Å²) in [6, 6.07) is 0. The second-order valence-electron chi connectivity index (χ2n) is 4.69. The maximum atomic E-state index is 9.04. The van der Waals surface area contributed by atoms with E-state index in [1.165, 1.54) is 0 Å². The largest absolute Gasteiger partial charge is 0.396 e. The SMILES string of the molecule is COC(C)(C)CNCC(C)(CO)CO. The zero-order valence-corrected chi connectivity index (χ0v) is 9.63. The molecule has 0 unspecified atom stereocenters. The normalized spacial score (nSPS) is 13.3. The lowest BCUT2D eigenvalue weighted by Crippen LogP contribution is -2.44. The number of methoxy groups -OCH3 is 1. The van der Waals surface area contributed by atoms with E-state index in [4.69, 9.17) is 14.9 Å². The van der Waals surface area contributed by atoms with Crippen molar-refractivity contribution in [1.82, 2.24) is 5.32 Å². The van der Waals surface area contributed by atoms with Crippen LogP contribution in [0.4, 0.5) is 0 Å². The van der Waals surface area contributed by atoms with E-state index >= 15 is 0 Å². The number of nitrogens with one attached hydrogen (secondary N) is 1. The Morgan fingerprint density at radius 1 is 1.07 bits per heavy atom. The summed E-state index contributed by atoms with van der Waals surface area (Å²) in [6.45, 7) is 7.02. The van der Waals surface area contributed by atoms with E-state index in [1.807, 2.05) is 20.8 Å². The Morgan fingerprint density at radius 3 is 1.93 bits per heavy atom. The maximum absolute atomic E-state index is 9.04. The van der Waals surface area contributed by atoms with E-state index < -0.39 is 5.41 Å². The topological polar surface area (TPSA) is 61.7 Å². The number of rotatable bonds is 7. The van der Waals surface area contributed by atoms with Crippen LogP contribution in [0.3, 0.4) is 0 Å². The molecule has 0 amide bonds. The van der Waals surface area contributed by atoms with Crippen molar-refractivity contribution < 1.29 is 14.9 Å². The molecule has 0 radical (unpaired) electrons. The van der Waals surface area contributed by atoms with Gasteiger partial charge < -0.3 is 20.3 Å². The van der Waals surface area contributed by atoms with Crippen LogP contribution in [0.5, 0.6) is 0 Å². The minimum Gasteiger partial charge on any atom is -0.396 e. The summed E-state index contributed by atoms with van der Waals surface area (Å²) in [5.41, 5.74) is -0.671. The molecule has 0 spiro atoms. The molecule has 0 bridgehead atoms. The van der Waals surface area contributed by atoms with E-state index in [0.717, 1.165) is 0 Å². The van der Waals surface area contributed by atoms with Gasteiger partial charge in [0.2, 0.25) is 0 Å². The molecule has 0 aromatic rings. The molecule has 3 N–H and O–H groups in total. The average Bonchev–Trinajstić information content (AvgIpc) is 2.17. The van der Waals surface area contributed by atoms with Crippen molar-refractivity contribution in [3.63, 3.8) is 0 Å². The summed E-state index contributed by atoms with van der Waals surface area (Å²) < 4.78 is 5.23. The second-order valence-corrected chi connectivity index (χ2v) is 4.69. The van der Waals surface area contributed by atoms with E-state index in [0.29, 0.717) is 13.1 Å². The monoisotopic (exact) mass is 205 g/mol. The van der Waals surface area contributed by atoms with Gasteiger partial charge in [0.15, 0.2) is 0 Å². The Balaban J connectivity index is 3.83. The van der Waals surface area contributed by atoms with Crippen LogP contribution >= 0.6 is 0 Å². The first kappa shape index (κ1) is 13.8. The van der Waals surface area contributed by atoms with Crippen molar-refractivity contribution >= 4 is 0 Å². The number of hydrogen-bond acceptors (Lipinski definition) is 4. The first-order valence-corrected chi connectivity index (χ1v) is 4.87. The Hall–Kier alpha value is -0.160. The Kier molecular flexibility index (Phi) is 5.59. The van der Waals surface area contributed by atoms with E-state index in [9.17, 15) is 0 Å². The molecule has 0 atom stereocenters. The molecule has 0 saturated heterocycles. The summed E-state index contributed by atoms with van der Waals surface area (Å²) in [5, 5.41) is 21.3. The van der Waals surface area contributed by atoms with Gasteiger partial charge in [-0.2, -0.15) is 0 Å². The highest BCUT2D eigenvalue weighted by Gasteiger charge is 2.23. The molecule has 0 saturated carbocycles. The quantitative estimate of drug-likeness (QED) is 0.547. The van der Waals surface area contributed by atoms with E-state index in [-0.39, 0.29) is 18.8 Å². The minimum absolute atomic E-state index is 0.0239. The molecular weight excluding hydrogens is 182 g/mol. The van der Waals surface area contributed by atoms with Crippen LogP contribution in [-0.2, 0) is 4.74 Å². The van der Waals surface area contributed by atoms with Crippen molar-refractivity contribution in [2.45, 2.75) is 26.4 Å². The summed E-state index contributed by atoms with van der Waals surface area (Å²) in [7, 11) is 1.67. The van der Waals surface area contributed by atoms with Crippen molar-refractivity contribution in [1.29, 1.82) is 0 Å². The van der Waals surface area contributed by atoms with Crippen molar-refractivity contribution in [2.75, 3.05) is 33.4 Å². The second kappa shape index (κ2) is 5.66. The number of aliphatic hydroxyl groups is 2. The number of hydrogen-bond donors (Lipinski definition) is 3. The molecule has 0 aliphatic heterocycles. The van der Waals surface area contributed by atoms with Crippen LogP contribution < -0.4 is 5.32 Å². The van der Waals surface area contributed by atoms with Gasteiger partial charge in [0.25, 0.3) is 0 Å². The van der Waals surface area contributed by atoms with Gasteiger partial charge in [-0.3, -0.25) is 0 Å². The molecular formula is C10H23NO3. The molecule has 4 nitrogen and oxygen atoms in total. The molecule has 0 fully saturated rings. The molecule has 0 heterocycles. The fourth-order valence-corrected chi connectivity index (χ4v) is 0.899. The standard InChI is InChI=1S/C10H23NO3/c1-9(2,14-4)5-11-6-10(3,7-12)8-13/h11-13H,5-8H2,1-4H3. The zero-order valence-electron chi connectivity index (χ0n) is 9.63. The van der Waals surface area contributed by atoms with Gasteiger partial charge in [-0.15, -0.1) is 0 Å². The number of aliphatic hydroxyl groups excluding tert-OH is 2. The van der Waals surface area contributed by atoms with Gasteiger partial charge in [-0.1, -0.05) is 6.92 Å². The van der Waals surface area contributed by atoms with Gasteiger partial charge in [0, 0.05) is 25.6 Å². The smallest absolute Gasteiger partial charge is 0.0746 e. The lowest BCUT2D eigenvalue weighted by molar-refractivity contribution is 0.0151. The molecule has 86 valence electrons. The molecule has 0 aliphatic carbocycles. The van der Waals surface area contributed by atoms with Gasteiger partial charge in [0.1, 0.15) is 0 Å². The van der Waals surface area contributed by atoms with Gasteiger partial charge in [0.05, 0.1) is 18.8 Å². The predicted molar refractivity (Wildman–Crippen MR) is 56.2 cm³/mol. The summed E-state index contributed by atoms with van der Waals surface area (Å²) >= 11 is 0. The van der Waals surface area contributed by atoms with Gasteiger partial charge in [-0.25, -0.2) is 0 Å². The average molecular weight is 205 g/mol. The third-order valence-corrected chi connectivity index (χ3v) is 2.42. The van der Waals surface area contributed by atoms with Crippen LogP contribution in [0.25, 0.3) is 0 Å². The van der Waals surface area contributed by atoms with Crippen LogP contribution in [0, 0.1) is 5.41 Å². The Labute approximate surface area is 86.3 Å². The summed E-state index contributed by atoms with van der Waals surface area (Å²) in [5.74, 6) is 0. The molecule has 4 heteroatoms. The van der Waals surface area contributed by atoms with Crippen molar-refractivity contribution in [2.24, 2.45) is 5.41 Å². The fraction of sp³-hybridized carbons (Fsp3) is 1.00. The first-order chi connectivity index (χ1) is 6.39. The van der Waals surface area contributed by atoms with Gasteiger partial charge in [-0.05, 0) is 13.8 Å². The lowest BCUT2D eigenvalue weighted by atomic mass is 9.93. The Morgan fingerprint density at radius 2 is 1.57 bits per heavy atom. The third kappa shape index (κ3) is 4.91. The van der Waals surface area contributed by atoms with E-state index in [1.54, 1.807) is 7.11 Å². The van der Waals surface area contributed by atoms with Crippen molar-refractivity contribution in [3.8, 4) is 0 Å². The highest BCUT2D eigenvalue weighted by Crippen LogP contribution is 2.13.